The number of pyridine rings is 1. The lowest BCUT2D eigenvalue weighted by atomic mass is 9.98. The fraction of sp³-hybridized carbons (Fsp3) is 0.300. The van der Waals surface area contributed by atoms with Crippen LogP contribution in [0, 0.1) is 5.41 Å². The van der Waals surface area contributed by atoms with Crippen LogP contribution in [0.15, 0.2) is 47.1 Å². The average molecular weight is 441 g/mol. The van der Waals surface area contributed by atoms with Crippen LogP contribution in [0.2, 0.25) is 0 Å². The fourth-order valence-corrected chi connectivity index (χ4v) is 4.66. The lowest BCUT2D eigenvalue weighted by molar-refractivity contribution is -0.118. The number of imide groups is 1. The van der Waals surface area contributed by atoms with Crippen molar-refractivity contribution in [2.45, 2.75) is 24.9 Å². The summed E-state index contributed by atoms with van der Waals surface area (Å²) in [5, 5.41) is 6.15. The van der Waals surface area contributed by atoms with Crippen LogP contribution in [-0.4, -0.2) is 46.2 Å². The molecular weight excluding hydrogens is 424 g/mol. The summed E-state index contributed by atoms with van der Waals surface area (Å²) in [6, 6.07) is 12.0. The van der Waals surface area contributed by atoms with Crippen LogP contribution < -0.4 is 10.6 Å². The predicted molar refractivity (Wildman–Crippen MR) is 105 cm³/mol. The Bertz CT molecular complexity index is 991. The number of amides is 3. The number of nitrogens with one attached hydrogen (secondary N) is 2. The first-order chi connectivity index (χ1) is 13.5. The zero-order valence-corrected chi connectivity index (χ0v) is 16.4. The van der Waals surface area contributed by atoms with Gasteiger partial charge in [0.15, 0.2) is 0 Å². The van der Waals surface area contributed by atoms with E-state index in [1.54, 1.807) is 42.5 Å². The molecule has 7 nitrogen and oxygen atoms in total. The molecule has 2 aromatic rings. The third-order valence-corrected chi connectivity index (χ3v) is 6.28. The highest BCUT2D eigenvalue weighted by Crippen LogP contribution is 2.55. The molecule has 5 rings (SSSR count). The molecular formula is C20H17BrN4O3. The molecule has 3 aliphatic rings. The summed E-state index contributed by atoms with van der Waals surface area (Å²) in [6.45, 7) is 0.343. The summed E-state index contributed by atoms with van der Waals surface area (Å²) in [4.78, 5) is 43.4. The Kier molecular flexibility index (Phi) is 3.89. The Morgan fingerprint density at radius 2 is 1.86 bits per heavy atom. The zero-order valence-electron chi connectivity index (χ0n) is 14.8. The standard InChI is InChI=1S/C20H17BrN4O3/c21-15-6-3-7-16(23-15)24-17(26)13-8-20(9-14(20)22-13)10-25-18(27)11-4-1-2-5-12(11)19(25)28/h1-7,13-14,22H,8-10H2,(H,23,24,26). The molecule has 2 fully saturated rings. The van der Waals surface area contributed by atoms with Gasteiger partial charge in [-0.2, -0.15) is 0 Å². The number of nitrogens with zero attached hydrogens (tertiary/aromatic N) is 2. The van der Waals surface area contributed by atoms with E-state index < -0.39 is 0 Å². The normalized spacial score (nSPS) is 27.5. The van der Waals surface area contributed by atoms with Crippen LogP contribution in [0.3, 0.4) is 0 Å². The monoisotopic (exact) mass is 440 g/mol. The van der Waals surface area contributed by atoms with Gasteiger partial charge >= 0.3 is 0 Å². The topological polar surface area (TPSA) is 91.4 Å². The minimum Gasteiger partial charge on any atom is -0.309 e. The lowest BCUT2D eigenvalue weighted by Crippen LogP contribution is -2.39. The summed E-state index contributed by atoms with van der Waals surface area (Å²) >= 11 is 3.29. The number of fused-ring (bicyclic) bond motifs is 2. The molecule has 1 aromatic heterocycles. The van der Waals surface area contributed by atoms with Gasteiger partial charge in [0.05, 0.1) is 17.2 Å². The molecule has 3 unspecified atom stereocenters. The summed E-state index contributed by atoms with van der Waals surface area (Å²) in [5.41, 5.74) is 0.698. The number of piperidine rings is 1. The number of anilines is 1. The zero-order chi connectivity index (χ0) is 19.5. The largest absolute Gasteiger partial charge is 0.309 e. The molecule has 28 heavy (non-hydrogen) atoms. The van der Waals surface area contributed by atoms with Gasteiger partial charge in [-0.15, -0.1) is 0 Å². The smallest absolute Gasteiger partial charge is 0.261 e. The molecule has 2 N–H and O–H groups in total. The summed E-state index contributed by atoms with van der Waals surface area (Å²) in [6.07, 6.45) is 1.45. The maximum atomic E-state index is 12.6. The maximum absolute atomic E-state index is 12.6. The number of rotatable bonds is 4. The van der Waals surface area contributed by atoms with Crippen molar-refractivity contribution in [3.8, 4) is 0 Å². The average Bonchev–Trinajstić information content (AvgIpc) is 3.14. The Labute approximate surface area is 169 Å². The summed E-state index contributed by atoms with van der Waals surface area (Å²) in [7, 11) is 0. The van der Waals surface area contributed by atoms with Crippen molar-refractivity contribution in [2.24, 2.45) is 5.41 Å². The Morgan fingerprint density at radius 1 is 1.14 bits per heavy atom. The molecule has 1 saturated carbocycles. The van der Waals surface area contributed by atoms with Gasteiger partial charge in [-0.25, -0.2) is 4.98 Å². The van der Waals surface area contributed by atoms with Crippen molar-refractivity contribution in [3.05, 3.63) is 58.2 Å². The van der Waals surface area contributed by atoms with Crippen LogP contribution >= 0.6 is 15.9 Å². The molecule has 2 aliphatic heterocycles. The van der Waals surface area contributed by atoms with E-state index in [0.717, 1.165) is 6.42 Å². The SMILES string of the molecule is O=C(Nc1cccc(Br)n1)C1CC2(CN3C(=O)c4ccccc4C3=O)CC2N1. The van der Waals surface area contributed by atoms with Crippen molar-refractivity contribution < 1.29 is 14.4 Å². The Morgan fingerprint density at radius 3 is 2.54 bits per heavy atom. The van der Waals surface area contributed by atoms with E-state index in [9.17, 15) is 14.4 Å². The molecule has 3 atom stereocenters. The van der Waals surface area contributed by atoms with Gasteiger partial charge < -0.3 is 10.6 Å². The number of hydrogen-bond donors (Lipinski definition) is 2. The van der Waals surface area contributed by atoms with Gasteiger partial charge in [-0.1, -0.05) is 18.2 Å². The van der Waals surface area contributed by atoms with Gasteiger partial charge in [0.2, 0.25) is 5.91 Å². The van der Waals surface area contributed by atoms with Crippen molar-refractivity contribution in [3.63, 3.8) is 0 Å². The lowest BCUT2D eigenvalue weighted by Gasteiger charge is -2.21. The minimum atomic E-state index is -0.366. The quantitative estimate of drug-likeness (QED) is 0.561. The number of halogens is 1. The number of hydrogen-bond acceptors (Lipinski definition) is 5. The van der Waals surface area contributed by atoms with E-state index in [1.165, 1.54) is 4.90 Å². The maximum Gasteiger partial charge on any atom is 0.261 e. The van der Waals surface area contributed by atoms with Crippen LogP contribution in [0.4, 0.5) is 5.82 Å². The van der Waals surface area contributed by atoms with Crippen LogP contribution in [-0.2, 0) is 4.79 Å². The van der Waals surface area contributed by atoms with E-state index >= 15 is 0 Å². The third-order valence-electron chi connectivity index (χ3n) is 5.84. The first-order valence-electron chi connectivity index (χ1n) is 9.12. The van der Waals surface area contributed by atoms with Gasteiger partial charge in [-0.05, 0) is 53.0 Å². The third kappa shape index (κ3) is 2.75. The Balaban J connectivity index is 1.27. The molecule has 0 spiro atoms. The van der Waals surface area contributed by atoms with E-state index in [4.69, 9.17) is 0 Å². The highest BCUT2D eigenvalue weighted by Gasteiger charge is 2.63. The minimum absolute atomic E-state index is 0.142. The first kappa shape index (κ1) is 17.5. The molecule has 8 heteroatoms. The van der Waals surface area contributed by atoms with E-state index in [1.807, 2.05) is 0 Å². The van der Waals surface area contributed by atoms with Crippen molar-refractivity contribution >= 4 is 39.5 Å². The van der Waals surface area contributed by atoms with Gasteiger partial charge in [0.25, 0.3) is 11.8 Å². The second kappa shape index (κ2) is 6.22. The Hall–Kier alpha value is -2.58. The number of carbonyl (C=O) groups is 3. The molecule has 1 saturated heterocycles. The second-order valence-corrected chi connectivity index (χ2v) is 8.43. The van der Waals surface area contributed by atoms with Gasteiger partial charge in [0, 0.05) is 18.0 Å². The van der Waals surface area contributed by atoms with Gasteiger partial charge in [0.1, 0.15) is 10.4 Å². The van der Waals surface area contributed by atoms with Crippen LogP contribution in [0.25, 0.3) is 0 Å². The summed E-state index contributed by atoms with van der Waals surface area (Å²) in [5.74, 6) is -0.158. The van der Waals surface area contributed by atoms with E-state index in [0.29, 0.717) is 34.5 Å². The second-order valence-electron chi connectivity index (χ2n) is 7.62. The van der Waals surface area contributed by atoms with Crippen molar-refractivity contribution in [1.82, 2.24) is 15.2 Å². The molecule has 3 amide bonds. The predicted octanol–water partition coefficient (Wildman–Crippen LogP) is 2.20. The van der Waals surface area contributed by atoms with Crippen molar-refractivity contribution in [2.75, 3.05) is 11.9 Å². The molecule has 1 aliphatic carbocycles. The van der Waals surface area contributed by atoms with Crippen molar-refractivity contribution in [1.29, 1.82) is 0 Å². The summed E-state index contributed by atoms with van der Waals surface area (Å²) < 4.78 is 0.648. The molecule has 142 valence electrons. The molecule has 0 bridgehead atoms. The number of carbonyl (C=O) groups excluding carboxylic acids is 3. The number of aromatic nitrogens is 1. The molecule has 1 aromatic carbocycles. The highest BCUT2D eigenvalue weighted by atomic mass is 79.9. The molecule has 0 radical (unpaired) electrons. The fourth-order valence-electron chi connectivity index (χ4n) is 4.31. The first-order valence-corrected chi connectivity index (χ1v) is 9.91. The number of benzene rings is 1. The van der Waals surface area contributed by atoms with Crippen LogP contribution in [0.5, 0.6) is 0 Å². The van der Waals surface area contributed by atoms with E-state index in [-0.39, 0.29) is 35.2 Å². The molecule has 3 heterocycles. The highest BCUT2D eigenvalue weighted by molar-refractivity contribution is 9.10. The van der Waals surface area contributed by atoms with Crippen LogP contribution in [0.1, 0.15) is 33.6 Å². The van der Waals surface area contributed by atoms with Gasteiger partial charge in [-0.3, -0.25) is 19.3 Å². The van der Waals surface area contributed by atoms with E-state index in [2.05, 4.69) is 31.5 Å².